The van der Waals surface area contributed by atoms with Gasteiger partial charge in [-0.2, -0.15) is 0 Å². The van der Waals surface area contributed by atoms with Gasteiger partial charge in [0.1, 0.15) is 0 Å². The fourth-order valence-electron chi connectivity index (χ4n) is 6.04. The van der Waals surface area contributed by atoms with E-state index in [2.05, 4.69) is 5.32 Å². The smallest absolute Gasteiger partial charge is 0.254 e. The van der Waals surface area contributed by atoms with Crippen molar-refractivity contribution in [2.24, 2.45) is 0 Å². The average molecular weight is 573 g/mol. The number of carbonyl (C=O) groups is 2. The predicted octanol–water partition coefficient (Wildman–Crippen LogP) is 5.48. The molecule has 0 saturated carbocycles. The van der Waals surface area contributed by atoms with Crippen LogP contribution >= 0.6 is 0 Å². The molecule has 3 aromatic rings. The van der Waals surface area contributed by atoms with Gasteiger partial charge in [-0.1, -0.05) is 24.3 Å². The fourth-order valence-corrected chi connectivity index (χ4v) is 6.04. The first-order valence-electron chi connectivity index (χ1n) is 15.0. The highest BCUT2D eigenvalue weighted by molar-refractivity contribution is 6.01. The van der Waals surface area contributed by atoms with E-state index in [1.807, 2.05) is 87.2 Å². The molecule has 2 unspecified atom stereocenters. The molecule has 8 nitrogen and oxygen atoms in total. The van der Waals surface area contributed by atoms with E-state index >= 15 is 0 Å². The first-order chi connectivity index (χ1) is 20.5. The molecule has 0 aliphatic carbocycles. The minimum Gasteiger partial charge on any atom is -0.490 e. The quantitative estimate of drug-likeness (QED) is 0.310. The van der Waals surface area contributed by atoms with Crippen molar-refractivity contribution in [3.63, 3.8) is 0 Å². The third-order valence-corrected chi connectivity index (χ3v) is 7.79. The molecule has 0 bridgehead atoms. The maximum atomic E-state index is 14.1. The van der Waals surface area contributed by atoms with Crippen LogP contribution in [0.4, 0.5) is 0 Å². The Bertz CT molecular complexity index is 1440. The summed E-state index contributed by atoms with van der Waals surface area (Å²) < 4.78 is 23.3. The van der Waals surface area contributed by atoms with Crippen LogP contribution in [0.3, 0.4) is 0 Å². The van der Waals surface area contributed by atoms with Gasteiger partial charge in [-0.05, 0) is 93.1 Å². The van der Waals surface area contributed by atoms with Crippen molar-refractivity contribution < 1.29 is 28.5 Å². The summed E-state index contributed by atoms with van der Waals surface area (Å²) in [7, 11) is 0. The number of nitrogens with zero attached hydrogens (tertiary/aromatic N) is 1. The molecule has 5 rings (SSSR count). The molecule has 222 valence electrons. The van der Waals surface area contributed by atoms with Crippen LogP contribution in [-0.4, -0.2) is 56.2 Å². The summed E-state index contributed by atoms with van der Waals surface area (Å²) in [5, 5.41) is 3.18. The van der Waals surface area contributed by atoms with Crippen LogP contribution in [0.2, 0.25) is 0 Å². The van der Waals surface area contributed by atoms with E-state index in [1.165, 1.54) is 0 Å². The predicted molar refractivity (Wildman–Crippen MR) is 161 cm³/mol. The Morgan fingerprint density at radius 1 is 0.810 bits per heavy atom. The molecular weight excluding hydrogens is 532 g/mol. The second kappa shape index (κ2) is 13.2. The number of hydrogen-bond acceptors (Lipinski definition) is 6. The van der Waals surface area contributed by atoms with Gasteiger partial charge in [-0.3, -0.25) is 9.59 Å². The number of benzene rings is 3. The van der Waals surface area contributed by atoms with E-state index in [1.54, 1.807) is 0 Å². The van der Waals surface area contributed by atoms with Crippen molar-refractivity contribution in [2.75, 3.05) is 39.5 Å². The molecule has 0 saturated heterocycles. The van der Waals surface area contributed by atoms with E-state index in [0.717, 1.165) is 22.3 Å². The molecule has 0 radical (unpaired) electrons. The van der Waals surface area contributed by atoms with Crippen LogP contribution in [0.5, 0.6) is 23.0 Å². The molecule has 2 aliphatic heterocycles. The molecule has 3 aromatic carbocycles. The Morgan fingerprint density at radius 3 is 2.17 bits per heavy atom. The molecule has 8 heteroatoms. The van der Waals surface area contributed by atoms with Gasteiger partial charge in [0, 0.05) is 18.7 Å². The molecule has 2 heterocycles. The second-order valence-electron chi connectivity index (χ2n) is 10.3. The normalized spacial score (nSPS) is 17.0. The summed E-state index contributed by atoms with van der Waals surface area (Å²) in [4.78, 5) is 29.6. The summed E-state index contributed by atoms with van der Waals surface area (Å²) in [6, 6.07) is 16.9. The van der Waals surface area contributed by atoms with Gasteiger partial charge >= 0.3 is 0 Å². The van der Waals surface area contributed by atoms with Crippen molar-refractivity contribution in [3.05, 3.63) is 82.4 Å². The van der Waals surface area contributed by atoms with Gasteiger partial charge in [-0.15, -0.1) is 0 Å². The van der Waals surface area contributed by atoms with Crippen LogP contribution < -0.4 is 24.3 Å². The Morgan fingerprint density at radius 2 is 1.45 bits per heavy atom. The van der Waals surface area contributed by atoms with Crippen molar-refractivity contribution in [2.45, 2.75) is 52.5 Å². The lowest BCUT2D eigenvalue weighted by atomic mass is 9.75. The SMILES string of the molecule is CCOc1ccc(CCNC(=O)C2c3ccccc3C(=O)N3CCc4cc(OCC)c(OCC)cc4C23)cc1OCC. The van der Waals surface area contributed by atoms with Crippen LogP contribution in [0.25, 0.3) is 0 Å². The summed E-state index contributed by atoms with van der Waals surface area (Å²) in [5.74, 6) is 2.02. The van der Waals surface area contributed by atoms with Crippen LogP contribution in [0, 0.1) is 0 Å². The summed E-state index contributed by atoms with van der Waals surface area (Å²) in [5.41, 5.74) is 4.38. The van der Waals surface area contributed by atoms with Gasteiger partial charge in [0.25, 0.3) is 5.91 Å². The lowest BCUT2D eigenvalue weighted by Gasteiger charge is -2.45. The zero-order chi connectivity index (χ0) is 29.6. The summed E-state index contributed by atoms with van der Waals surface area (Å²) in [6.45, 7) is 10.8. The van der Waals surface area contributed by atoms with E-state index in [0.29, 0.717) is 80.9 Å². The fraction of sp³-hybridized carbons (Fsp3) is 0.412. The van der Waals surface area contributed by atoms with Gasteiger partial charge in [0.15, 0.2) is 23.0 Å². The number of carbonyl (C=O) groups excluding carboxylic acids is 2. The Labute approximate surface area is 247 Å². The number of amides is 2. The van der Waals surface area contributed by atoms with E-state index in [-0.39, 0.29) is 11.8 Å². The zero-order valence-electron chi connectivity index (χ0n) is 24.9. The Balaban J connectivity index is 1.44. The van der Waals surface area contributed by atoms with E-state index in [9.17, 15) is 9.59 Å². The van der Waals surface area contributed by atoms with Crippen molar-refractivity contribution in [1.29, 1.82) is 0 Å². The molecule has 2 aliphatic rings. The first kappa shape index (κ1) is 29.3. The number of fused-ring (bicyclic) bond motifs is 4. The van der Waals surface area contributed by atoms with Crippen LogP contribution in [0.1, 0.15) is 72.3 Å². The number of ether oxygens (including phenoxy) is 4. The Kier molecular flexibility index (Phi) is 9.20. The van der Waals surface area contributed by atoms with E-state index in [4.69, 9.17) is 18.9 Å². The molecular formula is C34H40N2O6. The molecule has 42 heavy (non-hydrogen) atoms. The summed E-state index contributed by atoms with van der Waals surface area (Å²) >= 11 is 0. The minimum absolute atomic E-state index is 0.0463. The van der Waals surface area contributed by atoms with E-state index < -0.39 is 12.0 Å². The van der Waals surface area contributed by atoms with Gasteiger partial charge in [0.2, 0.25) is 5.91 Å². The maximum Gasteiger partial charge on any atom is 0.254 e. The van der Waals surface area contributed by atoms with Crippen molar-refractivity contribution in [3.8, 4) is 23.0 Å². The maximum absolute atomic E-state index is 14.1. The van der Waals surface area contributed by atoms with Gasteiger partial charge < -0.3 is 29.2 Å². The largest absolute Gasteiger partial charge is 0.490 e. The molecule has 0 fully saturated rings. The minimum atomic E-state index is -0.565. The van der Waals surface area contributed by atoms with Crippen molar-refractivity contribution >= 4 is 11.8 Å². The number of rotatable bonds is 12. The second-order valence-corrected chi connectivity index (χ2v) is 10.3. The highest BCUT2D eigenvalue weighted by Gasteiger charge is 2.46. The lowest BCUT2D eigenvalue weighted by Crippen LogP contribution is -2.50. The van der Waals surface area contributed by atoms with Crippen LogP contribution in [0.15, 0.2) is 54.6 Å². The molecule has 0 aromatic heterocycles. The highest BCUT2D eigenvalue weighted by Crippen LogP contribution is 2.48. The van der Waals surface area contributed by atoms with Gasteiger partial charge in [0.05, 0.1) is 38.4 Å². The topological polar surface area (TPSA) is 86.3 Å². The number of nitrogens with one attached hydrogen (secondary N) is 1. The third kappa shape index (κ3) is 5.75. The third-order valence-electron chi connectivity index (χ3n) is 7.79. The Hall–Kier alpha value is -4.20. The molecule has 2 atom stereocenters. The molecule has 0 spiro atoms. The molecule has 1 N–H and O–H groups in total. The monoisotopic (exact) mass is 572 g/mol. The average Bonchev–Trinajstić information content (AvgIpc) is 2.99. The number of hydrogen-bond donors (Lipinski definition) is 1. The summed E-state index contributed by atoms with van der Waals surface area (Å²) in [6.07, 6.45) is 1.31. The van der Waals surface area contributed by atoms with Crippen molar-refractivity contribution in [1.82, 2.24) is 10.2 Å². The standard InChI is InChI=1S/C34H40N2O6/c1-5-39-27-14-13-22(19-28(27)40-6-2)15-17-35-33(37)31-24-11-9-10-12-25(24)34(38)36-18-16-23-20-29(41-7-3)30(42-8-4)21-26(23)32(31)36/h9-14,19-21,31-32H,5-8,15-18H2,1-4H3,(H,35,37). The van der Waals surface area contributed by atoms with Crippen LogP contribution in [-0.2, 0) is 17.6 Å². The molecule has 2 amide bonds. The zero-order valence-corrected chi connectivity index (χ0v) is 24.9. The first-order valence-corrected chi connectivity index (χ1v) is 15.0. The lowest BCUT2D eigenvalue weighted by molar-refractivity contribution is -0.124. The highest BCUT2D eigenvalue weighted by atomic mass is 16.5. The van der Waals surface area contributed by atoms with Gasteiger partial charge in [-0.25, -0.2) is 0 Å².